The third-order valence-electron chi connectivity index (χ3n) is 3.64. The molecule has 0 aliphatic heterocycles. The van der Waals surface area contributed by atoms with Crippen molar-refractivity contribution in [1.29, 1.82) is 0 Å². The van der Waals surface area contributed by atoms with Crippen molar-refractivity contribution in [3.05, 3.63) is 41.2 Å². The third-order valence-corrected chi connectivity index (χ3v) is 3.64. The Morgan fingerprint density at radius 3 is 2.61 bits per heavy atom. The minimum absolute atomic E-state index is 0.929. The Morgan fingerprint density at radius 2 is 2.06 bits per heavy atom. The second kappa shape index (κ2) is 5.40. The second-order valence-electron chi connectivity index (χ2n) is 4.84. The lowest BCUT2D eigenvalue weighted by atomic mass is 10.2. The molecule has 0 aliphatic carbocycles. The summed E-state index contributed by atoms with van der Waals surface area (Å²) in [6.07, 6.45) is 4.80. The fourth-order valence-electron chi connectivity index (χ4n) is 2.17. The van der Waals surface area contributed by atoms with Gasteiger partial charge in [0.1, 0.15) is 5.82 Å². The highest BCUT2D eigenvalue weighted by molar-refractivity contribution is 5.26. The zero-order chi connectivity index (χ0) is 13.1. The van der Waals surface area contributed by atoms with Crippen LogP contribution in [0.2, 0.25) is 0 Å². The molecule has 2 aromatic rings. The molecule has 0 spiro atoms. The molecular weight excluding hydrogens is 224 g/mol. The van der Waals surface area contributed by atoms with Crippen LogP contribution in [0.25, 0.3) is 0 Å². The van der Waals surface area contributed by atoms with Crippen molar-refractivity contribution in [2.24, 2.45) is 14.1 Å². The quantitative estimate of drug-likeness (QED) is 0.815. The first-order chi connectivity index (χ1) is 8.59. The fraction of sp³-hybridized carbons (Fsp3) is 0.500. The molecule has 0 amide bonds. The van der Waals surface area contributed by atoms with E-state index in [2.05, 4.69) is 46.4 Å². The van der Waals surface area contributed by atoms with Gasteiger partial charge in [-0.1, -0.05) is 0 Å². The van der Waals surface area contributed by atoms with Gasteiger partial charge in [0.2, 0.25) is 0 Å². The topological polar surface area (TPSA) is 34.8 Å². The van der Waals surface area contributed by atoms with Crippen molar-refractivity contribution in [1.82, 2.24) is 19.4 Å². The minimum Gasteiger partial charge on any atom is -0.352 e. The van der Waals surface area contributed by atoms with Gasteiger partial charge in [-0.3, -0.25) is 0 Å². The van der Waals surface area contributed by atoms with Crippen molar-refractivity contribution in [3.8, 4) is 0 Å². The van der Waals surface area contributed by atoms with Gasteiger partial charge in [0.25, 0.3) is 0 Å². The standard InChI is InChI=1S/C14H22N4/c1-11-9-13(12(2)18(11)4)10-15-6-5-14-16-7-8-17(14)3/h7-9,15H,5-6,10H2,1-4H3. The van der Waals surface area contributed by atoms with Crippen LogP contribution in [-0.4, -0.2) is 20.7 Å². The number of nitrogens with one attached hydrogen (secondary N) is 1. The van der Waals surface area contributed by atoms with E-state index >= 15 is 0 Å². The predicted octanol–water partition coefficient (Wildman–Crippen LogP) is 1.71. The van der Waals surface area contributed by atoms with Gasteiger partial charge in [-0.15, -0.1) is 0 Å². The highest BCUT2D eigenvalue weighted by atomic mass is 15.0. The second-order valence-corrected chi connectivity index (χ2v) is 4.84. The van der Waals surface area contributed by atoms with E-state index in [0.717, 1.165) is 25.3 Å². The van der Waals surface area contributed by atoms with E-state index in [1.165, 1.54) is 17.0 Å². The monoisotopic (exact) mass is 246 g/mol. The average molecular weight is 246 g/mol. The number of imidazole rings is 1. The van der Waals surface area contributed by atoms with E-state index in [-0.39, 0.29) is 0 Å². The molecule has 4 nitrogen and oxygen atoms in total. The van der Waals surface area contributed by atoms with Crippen LogP contribution in [0.3, 0.4) is 0 Å². The number of nitrogens with zero attached hydrogens (tertiary/aromatic N) is 3. The Hall–Kier alpha value is -1.55. The first kappa shape index (κ1) is 12.9. The lowest BCUT2D eigenvalue weighted by Crippen LogP contribution is -2.18. The number of aromatic nitrogens is 3. The van der Waals surface area contributed by atoms with Gasteiger partial charge in [-0.05, 0) is 25.5 Å². The first-order valence-corrected chi connectivity index (χ1v) is 6.38. The molecule has 0 fully saturated rings. The van der Waals surface area contributed by atoms with Crippen molar-refractivity contribution in [2.45, 2.75) is 26.8 Å². The molecule has 4 heteroatoms. The fourth-order valence-corrected chi connectivity index (χ4v) is 2.17. The summed E-state index contributed by atoms with van der Waals surface area (Å²) in [5.41, 5.74) is 4.04. The zero-order valence-corrected chi connectivity index (χ0v) is 11.7. The molecule has 0 unspecified atom stereocenters. The molecule has 2 rings (SSSR count). The predicted molar refractivity (Wildman–Crippen MR) is 73.5 cm³/mol. The SMILES string of the molecule is Cc1cc(CNCCc2nccn2C)c(C)n1C. The molecule has 0 radical (unpaired) electrons. The molecular formula is C14H22N4. The van der Waals surface area contributed by atoms with Gasteiger partial charge in [0.05, 0.1) is 0 Å². The molecule has 0 aliphatic rings. The van der Waals surface area contributed by atoms with Crippen LogP contribution in [0.15, 0.2) is 18.5 Å². The Balaban J connectivity index is 1.82. The summed E-state index contributed by atoms with van der Waals surface area (Å²) in [5, 5.41) is 3.48. The summed E-state index contributed by atoms with van der Waals surface area (Å²) in [5.74, 6) is 1.13. The van der Waals surface area contributed by atoms with Gasteiger partial charge in [-0.2, -0.15) is 0 Å². The van der Waals surface area contributed by atoms with Gasteiger partial charge in [0.15, 0.2) is 0 Å². The van der Waals surface area contributed by atoms with E-state index in [1.807, 2.05) is 19.4 Å². The van der Waals surface area contributed by atoms with Gasteiger partial charge < -0.3 is 14.5 Å². The van der Waals surface area contributed by atoms with Crippen LogP contribution in [0, 0.1) is 13.8 Å². The van der Waals surface area contributed by atoms with Crippen LogP contribution in [0.5, 0.6) is 0 Å². The van der Waals surface area contributed by atoms with Crippen molar-refractivity contribution < 1.29 is 0 Å². The Labute approximate surface area is 109 Å². The maximum absolute atomic E-state index is 4.31. The number of rotatable bonds is 5. The first-order valence-electron chi connectivity index (χ1n) is 6.38. The Bertz CT molecular complexity index is 522. The summed E-state index contributed by atoms with van der Waals surface area (Å²) in [7, 11) is 4.15. The maximum atomic E-state index is 4.31. The van der Waals surface area contributed by atoms with Crippen molar-refractivity contribution in [2.75, 3.05) is 6.54 Å². The van der Waals surface area contributed by atoms with E-state index in [9.17, 15) is 0 Å². The zero-order valence-electron chi connectivity index (χ0n) is 11.7. The molecule has 2 heterocycles. The van der Waals surface area contributed by atoms with E-state index in [1.54, 1.807) is 0 Å². The van der Waals surface area contributed by atoms with E-state index in [0.29, 0.717) is 0 Å². The normalized spacial score (nSPS) is 11.1. The van der Waals surface area contributed by atoms with Gasteiger partial charge >= 0.3 is 0 Å². The summed E-state index contributed by atoms with van der Waals surface area (Å²) < 4.78 is 4.30. The highest BCUT2D eigenvalue weighted by Gasteiger charge is 2.05. The molecule has 2 aromatic heterocycles. The molecule has 0 aromatic carbocycles. The van der Waals surface area contributed by atoms with Crippen LogP contribution in [0.1, 0.15) is 22.8 Å². The summed E-state index contributed by atoms with van der Waals surface area (Å²) in [6, 6.07) is 2.25. The summed E-state index contributed by atoms with van der Waals surface area (Å²) in [4.78, 5) is 4.31. The molecule has 98 valence electrons. The highest BCUT2D eigenvalue weighted by Crippen LogP contribution is 2.12. The largest absolute Gasteiger partial charge is 0.352 e. The Kier molecular flexibility index (Phi) is 3.87. The number of hydrogen-bond donors (Lipinski definition) is 1. The van der Waals surface area contributed by atoms with Crippen molar-refractivity contribution in [3.63, 3.8) is 0 Å². The number of hydrogen-bond acceptors (Lipinski definition) is 2. The number of aryl methyl sites for hydroxylation is 2. The molecule has 0 saturated heterocycles. The summed E-state index contributed by atoms with van der Waals surface area (Å²) >= 11 is 0. The summed E-state index contributed by atoms with van der Waals surface area (Å²) in [6.45, 7) is 6.20. The Morgan fingerprint density at radius 1 is 1.28 bits per heavy atom. The van der Waals surface area contributed by atoms with Gasteiger partial charge in [-0.25, -0.2) is 4.98 Å². The van der Waals surface area contributed by atoms with Crippen LogP contribution in [0.4, 0.5) is 0 Å². The minimum atomic E-state index is 0.929. The lowest BCUT2D eigenvalue weighted by molar-refractivity contribution is 0.651. The van der Waals surface area contributed by atoms with Crippen LogP contribution < -0.4 is 5.32 Å². The molecule has 0 saturated carbocycles. The van der Waals surface area contributed by atoms with Gasteiger partial charge in [0, 0.05) is 57.4 Å². The van der Waals surface area contributed by atoms with E-state index < -0.39 is 0 Å². The lowest BCUT2D eigenvalue weighted by Gasteiger charge is -2.05. The average Bonchev–Trinajstić information content (AvgIpc) is 2.85. The van der Waals surface area contributed by atoms with E-state index in [4.69, 9.17) is 0 Å². The molecule has 18 heavy (non-hydrogen) atoms. The van der Waals surface area contributed by atoms with Crippen LogP contribution >= 0.6 is 0 Å². The molecule has 1 N–H and O–H groups in total. The van der Waals surface area contributed by atoms with Crippen LogP contribution in [-0.2, 0) is 27.1 Å². The van der Waals surface area contributed by atoms with Crippen molar-refractivity contribution >= 4 is 0 Å². The smallest absolute Gasteiger partial charge is 0.109 e. The third kappa shape index (κ3) is 2.64. The maximum Gasteiger partial charge on any atom is 0.109 e. The molecule has 0 bridgehead atoms. The molecule has 0 atom stereocenters.